The largest absolute Gasteiger partial charge is 0.493 e. The van der Waals surface area contributed by atoms with Crippen LogP contribution in [0.1, 0.15) is 18.9 Å². The Bertz CT molecular complexity index is 560. The minimum absolute atomic E-state index is 0.306. The number of esters is 1. The fourth-order valence-electron chi connectivity index (χ4n) is 2.96. The zero-order valence-electron chi connectivity index (χ0n) is 16.1. The molecule has 1 aliphatic heterocycles. The first-order valence-corrected chi connectivity index (χ1v) is 8.94. The first-order valence-electron chi connectivity index (χ1n) is 8.94. The molecule has 1 aliphatic rings. The third-order valence-electron chi connectivity index (χ3n) is 4.31. The smallest absolute Gasteiger partial charge is 0.329 e. The summed E-state index contributed by atoms with van der Waals surface area (Å²) in [5.41, 5.74) is 0.958. The molecular weight excluding hydrogens is 338 g/mol. The molecule has 7 heteroatoms. The SMILES string of the molecule is CCOCCC(C(=O)Oc1c(OC)cc(C)cc1OC)N1CCOCC1. The molecule has 1 saturated heterocycles. The van der Waals surface area contributed by atoms with Gasteiger partial charge >= 0.3 is 5.97 Å². The first kappa shape index (κ1) is 20.5. The highest BCUT2D eigenvalue weighted by Gasteiger charge is 2.30. The lowest BCUT2D eigenvalue weighted by atomic mass is 10.1. The van der Waals surface area contributed by atoms with E-state index in [-0.39, 0.29) is 5.97 Å². The number of carbonyl (C=O) groups excluding carboxylic acids is 1. The summed E-state index contributed by atoms with van der Waals surface area (Å²) in [6.07, 6.45) is 0.559. The monoisotopic (exact) mass is 367 g/mol. The predicted molar refractivity (Wildman–Crippen MR) is 97.2 cm³/mol. The third kappa shape index (κ3) is 5.33. The maximum absolute atomic E-state index is 13.0. The Morgan fingerprint density at radius 3 is 2.35 bits per heavy atom. The highest BCUT2D eigenvalue weighted by atomic mass is 16.6. The number of hydrogen-bond donors (Lipinski definition) is 0. The quantitative estimate of drug-likeness (QED) is 0.376. The maximum Gasteiger partial charge on any atom is 0.329 e. The van der Waals surface area contributed by atoms with E-state index in [2.05, 4.69) is 4.90 Å². The zero-order valence-corrected chi connectivity index (χ0v) is 16.1. The topological polar surface area (TPSA) is 66.5 Å². The second-order valence-electron chi connectivity index (χ2n) is 6.07. The van der Waals surface area contributed by atoms with E-state index in [4.69, 9.17) is 23.7 Å². The molecule has 0 aliphatic carbocycles. The Labute approximate surface area is 155 Å². The number of benzene rings is 1. The van der Waals surface area contributed by atoms with Crippen molar-refractivity contribution in [3.8, 4) is 17.2 Å². The molecular formula is C19H29NO6. The van der Waals surface area contributed by atoms with Crippen LogP contribution in [0.3, 0.4) is 0 Å². The van der Waals surface area contributed by atoms with Crippen molar-refractivity contribution < 1.29 is 28.5 Å². The van der Waals surface area contributed by atoms with Gasteiger partial charge in [0.15, 0.2) is 11.5 Å². The number of methoxy groups -OCH3 is 2. The van der Waals surface area contributed by atoms with E-state index in [1.165, 1.54) is 0 Å². The Morgan fingerprint density at radius 2 is 1.81 bits per heavy atom. The molecule has 2 rings (SSSR count). The fraction of sp³-hybridized carbons (Fsp3) is 0.632. The summed E-state index contributed by atoms with van der Waals surface area (Å²) >= 11 is 0. The summed E-state index contributed by atoms with van der Waals surface area (Å²) in [5.74, 6) is 0.911. The number of rotatable bonds is 9. The van der Waals surface area contributed by atoms with E-state index in [9.17, 15) is 4.79 Å². The molecule has 0 bridgehead atoms. The molecule has 1 aromatic carbocycles. The second-order valence-corrected chi connectivity index (χ2v) is 6.07. The Kier molecular flexibility index (Phi) is 8.15. The summed E-state index contributed by atoms with van der Waals surface area (Å²) in [7, 11) is 3.08. The Hall–Kier alpha value is -1.83. The van der Waals surface area contributed by atoms with Gasteiger partial charge in [-0.1, -0.05) is 0 Å². The molecule has 0 saturated carbocycles. The molecule has 7 nitrogen and oxygen atoms in total. The van der Waals surface area contributed by atoms with Gasteiger partial charge in [0, 0.05) is 26.3 Å². The van der Waals surface area contributed by atoms with Gasteiger partial charge in [-0.3, -0.25) is 4.90 Å². The number of hydrogen-bond acceptors (Lipinski definition) is 7. The molecule has 26 heavy (non-hydrogen) atoms. The minimum atomic E-state index is -0.402. The van der Waals surface area contributed by atoms with Crippen molar-refractivity contribution in [3.63, 3.8) is 0 Å². The average molecular weight is 367 g/mol. The van der Waals surface area contributed by atoms with Crippen LogP contribution in [-0.2, 0) is 14.3 Å². The summed E-state index contributed by atoms with van der Waals surface area (Å²) in [6, 6.07) is 3.23. The van der Waals surface area contributed by atoms with Crippen LogP contribution in [0.25, 0.3) is 0 Å². The standard InChI is InChI=1S/C19H29NO6/c1-5-24-9-6-15(20-7-10-25-11-8-20)19(21)26-18-16(22-3)12-14(2)13-17(18)23-4/h12-13,15H,5-11H2,1-4H3. The van der Waals surface area contributed by atoms with Crippen LogP contribution in [-0.4, -0.2) is 70.6 Å². The summed E-state index contributed by atoms with van der Waals surface area (Å²) in [5, 5.41) is 0. The van der Waals surface area contributed by atoms with Crippen molar-refractivity contribution in [2.75, 3.05) is 53.7 Å². The summed E-state index contributed by atoms with van der Waals surface area (Å²) < 4.78 is 27.3. The number of carbonyl (C=O) groups is 1. The van der Waals surface area contributed by atoms with Crippen LogP contribution < -0.4 is 14.2 Å². The van der Waals surface area contributed by atoms with Gasteiger partial charge < -0.3 is 23.7 Å². The number of nitrogens with zero attached hydrogens (tertiary/aromatic N) is 1. The number of ether oxygens (including phenoxy) is 5. The van der Waals surface area contributed by atoms with E-state index >= 15 is 0 Å². The predicted octanol–water partition coefficient (Wildman–Crippen LogP) is 2.05. The number of aryl methyl sites for hydroxylation is 1. The lowest BCUT2D eigenvalue weighted by molar-refractivity contribution is -0.143. The molecule has 1 unspecified atom stereocenters. The zero-order chi connectivity index (χ0) is 18.9. The Morgan fingerprint density at radius 1 is 1.19 bits per heavy atom. The van der Waals surface area contributed by atoms with Crippen molar-refractivity contribution in [3.05, 3.63) is 17.7 Å². The normalized spacial score (nSPS) is 16.2. The van der Waals surface area contributed by atoms with Crippen LogP contribution in [0.4, 0.5) is 0 Å². The van der Waals surface area contributed by atoms with Crippen LogP contribution in [0.5, 0.6) is 17.2 Å². The van der Waals surface area contributed by atoms with Gasteiger partial charge in [-0.05, 0) is 38.0 Å². The van der Waals surface area contributed by atoms with Gasteiger partial charge in [-0.2, -0.15) is 0 Å². The molecule has 1 atom stereocenters. The number of morpholine rings is 1. The second kappa shape index (κ2) is 10.4. The van der Waals surface area contributed by atoms with Gasteiger partial charge in [0.05, 0.1) is 27.4 Å². The molecule has 0 spiro atoms. The van der Waals surface area contributed by atoms with Crippen LogP contribution in [0, 0.1) is 6.92 Å². The van der Waals surface area contributed by atoms with Crippen molar-refractivity contribution in [1.82, 2.24) is 4.90 Å². The Balaban J connectivity index is 2.19. The molecule has 1 aromatic rings. The molecule has 0 radical (unpaired) electrons. The molecule has 1 heterocycles. The lowest BCUT2D eigenvalue weighted by Gasteiger charge is -2.33. The highest BCUT2D eigenvalue weighted by molar-refractivity contribution is 5.80. The van der Waals surface area contributed by atoms with E-state index in [1.54, 1.807) is 14.2 Å². The van der Waals surface area contributed by atoms with Crippen LogP contribution >= 0.6 is 0 Å². The fourth-order valence-corrected chi connectivity index (χ4v) is 2.96. The average Bonchev–Trinajstić information content (AvgIpc) is 2.66. The van der Waals surface area contributed by atoms with Gasteiger partial charge in [0.1, 0.15) is 6.04 Å². The molecule has 146 valence electrons. The molecule has 0 amide bonds. The van der Waals surface area contributed by atoms with Crippen molar-refractivity contribution >= 4 is 5.97 Å². The van der Waals surface area contributed by atoms with E-state index in [0.29, 0.717) is 63.2 Å². The summed E-state index contributed by atoms with van der Waals surface area (Å²) in [4.78, 5) is 15.0. The minimum Gasteiger partial charge on any atom is -0.493 e. The van der Waals surface area contributed by atoms with Crippen molar-refractivity contribution in [1.29, 1.82) is 0 Å². The van der Waals surface area contributed by atoms with Crippen molar-refractivity contribution in [2.24, 2.45) is 0 Å². The van der Waals surface area contributed by atoms with Gasteiger partial charge in [0.2, 0.25) is 5.75 Å². The molecule has 1 fully saturated rings. The summed E-state index contributed by atoms with van der Waals surface area (Å²) in [6.45, 7) is 7.56. The maximum atomic E-state index is 13.0. The van der Waals surface area contributed by atoms with Crippen molar-refractivity contribution in [2.45, 2.75) is 26.3 Å². The van der Waals surface area contributed by atoms with E-state index < -0.39 is 6.04 Å². The van der Waals surface area contributed by atoms with Gasteiger partial charge in [-0.25, -0.2) is 4.79 Å². The van der Waals surface area contributed by atoms with Gasteiger partial charge in [0.25, 0.3) is 0 Å². The van der Waals surface area contributed by atoms with Crippen LogP contribution in [0.2, 0.25) is 0 Å². The highest BCUT2D eigenvalue weighted by Crippen LogP contribution is 2.38. The molecule has 0 N–H and O–H groups in total. The van der Waals surface area contributed by atoms with E-state index in [1.807, 2.05) is 26.0 Å². The lowest BCUT2D eigenvalue weighted by Crippen LogP contribution is -2.49. The van der Waals surface area contributed by atoms with Gasteiger partial charge in [-0.15, -0.1) is 0 Å². The van der Waals surface area contributed by atoms with Crippen LogP contribution in [0.15, 0.2) is 12.1 Å². The van der Waals surface area contributed by atoms with E-state index in [0.717, 1.165) is 5.56 Å². The first-order chi connectivity index (χ1) is 12.6. The molecule has 0 aromatic heterocycles. The third-order valence-corrected chi connectivity index (χ3v) is 4.31.